The number of hydrogen-bond donors (Lipinski definition) is 1. The molecule has 1 aliphatic rings. The van der Waals surface area contributed by atoms with E-state index in [0.29, 0.717) is 5.75 Å². The van der Waals surface area contributed by atoms with Crippen molar-refractivity contribution in [1.29, 1.82) is 0 Å². The van der Waals surface area contributed by atoms with Gasteiger partial charge in [-0.15, -0.1) is 0 Å². The van der Waals surface area contributed by atoms with Crippen LogP contribution in [0.5, 0.6) is 0 Å². The van der Waals surface area contributed by atoms with Gasteiger partial charge in [-0.05, 0) is 25.0 Å². The molecule has 1 saturated heterocycles. The van der Waals surface area contributed by atoms with E-state index < -0.39 is 0 Å². The van der Waals surface area contributed by atoms with Crippen molar-refractivity contribution in [2.24, 2.45) is 5.73 Å². The second kappa shape index (κ2) is 6.30. The largest absolute Gasteiger partial charge is 0.340 e. The summed E-state index contributed by atoms with van der Waals surface area (Å²) in [6.45, 7) is 3.79. The molecule has 0 aromatic rings. The molecule has 0 saturated carbocycles. The lowest BCUT2D eigenvalue weighted by atomic mass is 10.1. The summed E-state index contributed by atoms with van der Waals surface area (Å²) in [4.78, 5) is 13.6. The predicted octanol–water partition coefficient (Wildman–Crippen LogP) is 1.08. The van der Waals surface area contributed by atoms with Crippen LogP contribution >= 0.6 is 11.8 Å². The summed E-state index contributed by atoms with van der Waals surface area (Å²) in [6, 6.07) is 0.198. The monoisotopic (exact) mass is 216 g/mol. The van der Waals surface area contributed by atoms with E-state index in [1.807, 2.05) is 4.90 Å². The van der Waals surface area contributed by atoms with Crippen molar-refractivity contribution in [2.75, 3.05) is 24.6 Å². The Kier molecular flexibility index (Phi) is 5.33. The topological polar surface area (TPSA) is 46.3 Å². The zero-order valence-corrected chi connectivity index (χ0v) is 9.68. The second-order valence-corrected chi connectivity index (χ2v) is 4.90. The predicted molar refractivity (Wildman–Crippen MR) is 61.4 cm³/mol. The molecule has 3 nitrogen and oxygen atoms in total. The van der Waals surface area contributed by atoms with Crippen LogP contribution in [0.25, 0.3) is 0 Å². The van der Waals surface area contributed by atoms with Crippen LogP contribution < -0.4 is 5.73 Å². The van der Waals surface area contributed by atoms with E-state index in [4.69, 9.17) is 5.73 Å². The fourth-order valence-corrected chi connectivity index (χ4v) is 2.42. The van der Waals surface area contributed by atoms with Gasteiger partial charge in [-0.1, -0.05) is 6.92 Å². The summed E-state index contributed by atoms with van der Waals surface area (Å²) in [5.41, 5.74) is 5.82. The van der Waals surface area contributed by atoms with E-state index in [9.17, 15) is 4.79 Å². The first-order valence-electron chi connectivity index (χ1n) is 5.35. The normalized spacial score (nSPS) is 22.4. The molecule has 1 heterocycles. The molecule has 0 aliphatic carbocycles. The molecular weight excluding hydrogens is 196 g/mol. The molecule has 1 amide bonds. The molecule has 1 aliphatic heterocycles. The standard InChI is InChI=1S/C10H20N2OS/c1-2-6-14-8-10(13)12-5-3-4-9(11)7-12/h9H,2-8,11H2,1H3/t9-/m1/s1. The molecule has 0 bridgehead atoms. The third-order valence-electron chi connectivity index (χ3n) is 2.38. The van der Waals surface area contributed by atoms with Crippen LogP contribution in [0.2, 0.25) is 0 Å². The lowest BCUT2D eigenvalue weighted by Gasteiger charge is -2.30. The Balaban J connectivity index is 2.22. The highest BCUT2D eigenvalue weighted by atomic mass is 32.2. The maximum atomic E-state index is 11.7. The number of hydrogen-bond acceptors (Lipinski definition) is 3. The molecule has 0 aromatic heterocycles. The Morgan fingerprint density at radius 3 is 3.07 bits per heavy atom. The fourth-order valence-electron chi connectivity index (χ4n) is 1.63. The summed E-state index contributed by atoms with van der Waals surface area (Å²) in [5, 5.41) is 0. The minimum atomic E-state index is 0.198. The van der Waals surface area contributed by atoms with Gasteiger partial charge in [0.15, 0.2) is 0 Å². The Hall–Kier alpha value is -0.220. The van der Waals surface area contributed by atoms with Crippen LogP contribution in [0, 0.1) is 0 Å². The molecule has 0 unspecified atom stereocenters. The van der Waals surface area contributed by atoms with Crippen molar-refractivity contribution in [3.63, 3.8) is 0 Å². The average molecular weight is 216 g/mol. The molecule has 0 spiro atoms. The number of amides is 1. The number of thioether (sulfide) groups is 1. The molecule has 1 rings (SSSR count). The quantitative estimate of drug-likeness (QED) is 0.715. The van der Waals surface area contributed by atoms with E-state index in [-0.39, 0.29) is 11.9 Å². The van der Waals surface area contributed by atoms with Crippen molar-refractivity contribution >= 4 is 17.7 Å². The summed E-state index contributed by atoms with van der Waals surface area (Å²) in [6.07, 6.45) is 3.26. The number of rotatable bonds is 4. The van der Waals surface area contributed by atoms with Crippen LogP contribution in [0.15, 0.2) is 0 Å². The first-order valence-corrected chi connectivity index (χ1v) is 6.50. The van der Waals surface area contributed by atoms with Crippen LogP contribution in [-0.4, -0.2) is 41.4 Å². The van der Waals surface area contributed by atoms with Crippen molar-refractivity contribution in [3.8, 4) is 0 Å². The number of nitrogens with zero attached hydrogens (tertiary/aromatic N) is 1. The Morgan fingerprint density at radius 1 is 1.64 bits per heavy atom. The lowest BCUT2D eigenvalue weighted by molar-refractivity contribution is -0.129. The van der Waals surface area contributed by atoms with Gasteiger partial charge in [0.2, 0.25) is 5.91 Å². The van der Waals surface area contributed by atoms with E-state index in [0.717, 1.165) is 38.1 Å². The summed E-state index contributed by atoms with van der Waals surface area (Å²) < 4.78 is 0. The van der Waals surface area contributed by atoms with E-state index in [1.165, 1.54) is 0 Å². The van der Waals surface area contributed by atoms with Crippen molar-refractivity contribution < 1.29 is 4.79 Å². The van der Waals surface area contributed by atoms with Gasteiger partial charge in [-0.25, -0.2) is 0 Å². The van der Waals surface area contributed by atoms with E-state index in [2.05, 4.69) is 6.92 Å². The Labute approximate surface area is 90.4 Å². The highest BCUT2D eigenvalue weighted by Gasteiger charge is 2.20. The van der Waals surface area contributed by atoms with Crippen LogP contribution in [-0.2, 0) is 4.79 Å². The SMILES string of the molecule is CCCSCC(=O)N1CCC[C@@H](N)C1. The average Bonchev–Trinajstić information content (AvgIpc) is 2.18. The number of nitrogens with two attached hydrogens (primary N) is 1. The summed E-state index contributed by atoms with van der Waals surface area (Å²) in [5.74, 6) is 1.96. The smallest absolute Gasteiger partial charge is 0.232 e. The molecule has 0 radical (unpaired) electrons. The van der Waals surface area contributed by atoms with Crippen LogP contribution in [0.3, 0.4) is 0 Å². The molecular formula is C10H20N2OS. The summed E-state index contributed by atoms with van der Waals surface area (Å²) in [7, 11) is 0. The second-order valence-electron chi connectivity index (χ2n) is 3.79. The van der Waals surface area contributed by atoms with Gasteiger partial charge in [-0.3, -0.25) is 4.79 Å². The Bertz CT molecular complexity index is 187. The zero-order chi connectivity index (χ0) is 10.4. The third-order valence-corrected chi connectivity index (χ3v) is 3.53. The highest BCUT2D eigenvalue weighted by Crippen LogP contribution is 2.11. The van der Waals surface area contributed by atoms with Gasteiger partial charge < -0.3 is 10.6 Å². The van der Waals surface area contributed by atoms with E-state index in [1.54, 1.807) is 11.8 Å². The maximum Gasteiger partial charge on any atom is 0.232 e. The minimum absolute atomic E-state index is 0.198. The van der Waals surface area contributed by atoms with Gasteiger partial charge in [0.25, 0.3) is 0 Å². The van der Waals surface area contributed by atoms with Gasteiger partial charge >= 0.3 is 0 Å². The van der Waals surface area contributed by atoms with Crippen LogP contribution in [0.1, 0.15) is 26.2 Å². The summed E-state index contributed by atoms with van der Waals surface area (Å²) >= 11 is 1.72. The van der Waals surface area contributed by atoms with Gasteiger partial charge in [-0.2, -0.15) is 11.8 Å². The molecule has 82 valence electrons. The first kappa shape index (κ1) is 11.9. The van der Waals surface area contributed by atoms with Crippen molar-refractivity contribution in [2.45, 2.75) is 32.2 Å². The Morgan fingerprint density at radius 2 is 2.43 bits per heavy atom. The number of piperidine rings is 1. The number of carbonyl (C=O) groups excluding carboxylic acids is 1. The molecule has 14 heavy (non-hydrogen) atoms. The van der Waals surface area contributed by atoms with Gasteiger partial charge in [0.1, 0.15) is 0 Å². The minimum Gasteiger partial charge on any atom is -0.340 e. The third kappa shape index (κ3) is 3.88. The molecule has 4 heteroatoms. The van der Waals surface area contributed by atoms with Crippen LogP contribution in [0.4, 0.5) is 0 Å². The molecule has 2 N–H and O–H groups in total. The number of likely N-dealkylation sites (tertiary alicyclic amines) is 1. The number of carbonyl (C=O) groups is 1. The van der Waals surface area contributed by atoms with Gasteiger partial charge in [0, 0.05) is 19.1 Å². The van der Waals surface area contributed by atoms with Crippen molar-refractivity contribution in [1.82, 2.24) is 4.90 Å². The molecule has 1 atom stereocenters. The maximum absolute atomic E-state index is 11.7. The molecule has 0 aromatic carbocycles. The first-order chi connectivity index (χ1) is 6.74. The zero-order valence-electron chi connectivity index (χ0n) is 8.87. The highest BCUT2D eigenvalue weighted by molar-refractivity contribution is 7.99. The van der Waals surface area contributed by atoms with E-state index >= 15 is 0 Å². The van der Waals surface area contributed by atoms with Crippen molar-refractivity contribution in [3.05, 3.63) is 0 Å². The van der Waals surface area contributed by atoms with Gasteiger partial charge in [0.05, 0.1) is 5.75 Å². The lowest BCUT2D eigenvalue weighted by Crippen LogP contribution is -2.46. The fraction of sp³-hybridized carbons (Fsp3) is 0.900. The molecule has 1 fully saturated rings.